The van der Waals surface area contributed by atoms with Gasteiger partial charge in [0, 0.05) is 15.4 Å². The molecule has 0 bridgehead atoms. The summed E-state index contributed by atoms with van der Waals surface area (Å²) < 4.78 is 1.66. The maximum absolute atomic E-state index is 11.3. The molecular weight excluding hydrogens is 326 g/mol. The zero-order valence-electron chi connectivity index (χ0n) is 11.9. The Morgan fingerprint density at radius 2 is 2.10 bits per heavy atom. The van der Waals surface area contributed by atoms with E-state index in [9.17, 15) is 5.11 Å². The molecule has 1 heterocycles. The Labute approximate surface area is 138 Å². The third-order valence-electron chi connectivity index (χ3n) is 3.32. The lowest BCUT2D eigenvalue weighted by Gasteiger charge is -2.34. The van der Waals surface area contributed by atoms with Crippen molar-refractivity contribution in [3.05, 3.63) is 47.5 Å². The van der Waals surface area contributed by atoms with E-state index in [1.54, 1.807) is 46.7 Å². The summed E-state index contributed by atoms with van der Waals surface area (Å²) in [4.78, 5) is 3.94. The van der Waals surface area contributed by atoms with Crippen molar-refractivity contribution in [1.29, 1.82) is 0 Å². The van der Waals surface area contributed by atoms with Crippen molar-refractivity contribution in [2.45, 2.75) is 24.3 Å². The quantitative estimate of drug-likeness (QED) is 0.782. The van der Waals surface area contributed by atoms with Gasteiger partial charge in [0.05, 0.1) is 6.54 Å². The highest BCUT2D eigenvalue weighted by Gasteiger charge is 2.37. The summed E-state index contributed by atoms with van der Waals surface area (Å²) in [5.41, 5.74) is -0.193. The molecule has 0 aliphatic heterocycles. The standard InChI is InChI=1S/C14H18ClN3OS2/c1-11(21-10-20-2)14(19,7-18-9-16-8-17-18)12-3-5-13(15)6-4-12/h3-6,8-9,11,19H,7,10H2,1-2H3/t11-,14-/m1/s1. The summed E-state index contributed by atoms with van der Waals surface area (Å²) in [5, 5.41) is 17.0. The van der Waals surface area contributed by atoms with Crippen LogP contribution in [0.1, 0.15) is 12.5 Å². The summed E-state index contributed by atoms with van der Waals surface area (Å²) in [6.45, 7) is 2.39. The molecule has 0 saturated carbocycles. The number of hydrogen-bond donors (Lipinski definition) is 1. The van der Waals surface area contributed by atoms with Crippen LogP contribution in [0, 0.1) is 0 Å². The lowest BCUT2D eigenvalue weighted by molar-refractivity contribution is 0.0168. The van der Waals surface area contributed by atoms with E-state index in [4.69, 9.17) is 11.6 Å². The van der Waals surface area contributed by atoms with Crippen LogP contribution >= 0.6 is 35.1 Å². The SMILES string of the molecule is CSCS[C@H](C)[C@](O)(Cn1cncn1)c1ccc(Cl)cc1. The van der Waals surface area contributed by atoms with Crippen LogP contribution in [0.2, 0.25) is 5.02 Å². The zero-order chi connectivity index (χ0) is 15.3. The fourth-order valence-corrected chi connectivity index (χ4v) is 4.04. The van der Waals surface area contributed by atoms with Gasteiger partial charge in [-0.1, -0.05) is 30.7 Å². The van der Waals surface area contributed by atoms with Gasteiger partial charge in [-0.3, -0.25) is 0 Å². The van der Waals surface area contributed by atoms with Gasteiger partial charge in [-0.25, -0.2) is 9.67 Å². The first-order valence-electron chi connectivity index (χ1n) is 6.47. The van der Waals surface area contributed by atoms with Crippen LogP contribution in [0.3, 0.4) is 0 Å². The first-order valence-corrected chi connectivity index (χ1v) is 9.29. The molecule has 114 valence electrons. The summed E-state index contributed by atoms with van der Waals surface area (Å²) in [6.07, 6.45) is 5.15. The van der Waals surface area contributed by atoms with Gasteiger partial charge >= 0.3 is 0 Å². The Balaban J connectivity index is 2.30. The maximum Gasteiger partial charge on any atom is 0.137 e. The number of benzene rings is 1. The maximum atomic E-state index is 11.3. The van der Waals surface area contributed by atoms with Gasteiger partial charge in [-0.2, -0.15) is 16.9 Å². The van der Waals surface area contributed by atoms with E-state index in [1.807, 2.05) is 19.1 Å². The third kappa shape index (κ3) is 4.16. The van der Waals surface area contributed by atoms with Crippen LogP contribution in [-0.2, 0) is 12.1 Å². The number of nitrogens with zero attached hydrogens (tertiary/aromatic N) is 3. The molecule has 1 aromatic heterocycles. The molecule has 1 N–H and O–H groups in total. The lowest BCUT2D eigenvalue weighted by Crippen LogP contribution is -2.40. The van der Waals surface area contributed by atoms with Crippen LogP contribution in [0.5, 0.6) is 0 Å². The Hall–Kier alpha value is -0.690. The molecule has 0 saturated heterocycles. The van der Waals surface area contributed by atoms with E-state index in [0.717, 1.165) is 10.6 Å². The minimum atomic E-state index is -1.03. The average Bonchev–Trinajstić information content (AvgIpc) is 2.97. The van der Waals surface area contributed by atoms with E-state index >= 15 is 0 Å². The highest BCUT2D eigenvalue weighted by Crippen LogP contribution is 2.35. The van der Waals surface area contributed by atoms with Gasteiger partial charge in [0.15, 0.2) is 0 Å². The van der Waals surface area contributed by atoms with Crippen molar-refractivity contribution < 1.29 is 5.11 Å². The van der Waals surface area contributed by atoms with Gasteiger partial charge in [-0.15, -0.1) is 11.8 Å². The molecule has 7 heteroatoms. The van der Waals surface area contributed by atoms with Crippen molar-refractivity contribution in [2.75, 3.05) is 11.3 Å². The Bertz CT molecular complexity index is 550. The molecule has 2 atom stereocenters. The lowest BCUT2D eigenvalue weighted by atomic mass is 9.90. The van der Waals surface area contributed by atoms with Crippen molar-refractivity contribution in [3.8, 4) is 0 Å². The van der Waals surface area contributed by atoms with Crippen LogP contribution in [0.25, 0.3) is 0 Å². The topological polar surface area (TPSA) is 50.9 Å². The fourth-order valence-electron chi connectivity index (χ4n) is 2.06. The smallest absolute Gasteiger partial charge is 0.137 e. The number of halogens is 1. The predicted octanol–water partition coefficient (Wildman–Crippen LogP) is 3.26. The molecule has 0 spiro atoms. The van der Waals surface area contributed by atoms with E-state index in [2.05, 4.69) is 16.3 Å². The minimum Gasteiger partial charge on any atom is -0.382 e. The van der Waals surface area contributed by atoms with Crippen molar-refractivity contribution >= 4 is 35.1 Å². The second-order valence-electron chi connectivity index (χ2n) is 4.74. The highest BCUT2D eigenvalue weighted by molar-refractivity contribution is 8.15. The molecular formula is C14H18ClN3OS2. The van der Waals surface area contributed by atoms with Gasteiger partial charge in [0.25, 0.3) is 0 Å². The summed E-state index contributed by atoms with van der Waals surface area (Å²) in [6, 6.07) is 7.34. The zero-order valence-corrected chi connectivity index (χ0v) is 14.3. The van der Waals surface area contributed by atoms with Crippen LogP contribution in [-0.4, -0.2) is 36.5 Å². The van der Waals surface area contributed by atoms with Gasteiger partial charge < -0.3 is 5.11 Å². The van der Waals surface area contributed by atoms with E-state index < -0.39 is 5.60 Å². The largest absolute Gasteiger partial charge is 0.382 e. The molecule has 2 aromatic rings. The number of hydrogen-bond acceptors (Lipinski definition) is 5. The Morgan fingerprint density at radius 1 is 1.38 bits per heavy atom. The third-order valence-corrected chi connectivity index (χ3v) is 5.95. The molecule has 0 fully saturated rings. The van der Waals surface area contributed by atoms with Crippen LogP contribution in [0.4, 0.5) is 0 Å². The van der Waals surface area contributed by atoms with E-state index in [1.165, 1.54) is 6.33 Å². The Morgan fingerprint density at radius 3 is 2.67 bits per heavy atom. The Kier molecular flexibility index (Phi) is 5.98. The van der Waals surface area contributed by atoms with Crippen molar-refractivity contribution in [2.24, 2.45) is 0 Å². The van der Waals surface area contributed by atoms with Crippen LogP contribution < -0.4 is 0 Å². The first kappa shape index (κ1) is 16.7. The normalized spacial score (nSPS) is 15.6. The monoisotopic (exact) mass is 343 g/mol. The number of thioether (sulfide) groups is 2. The van der Waals surface area contributed by atoms with E-state index in [-0.39, 0.29) is 5.25 Å². The molecule has 2 rings (SSSR count). The molecule has 21 heavy (non-hydrogen) atoms. The van der Waals surface area contributed by atoms with Crippen molar-refractivity contribution in [1.82, 2.24) is 14.8 Å². The predicted molar refractivity (Wildman–Crippen MR) is 90.8 cm³/mol. The summed E-state index contributed by atoms with van der Waals surface area (Å²) >= 11 is 9.42. The second kappa shape index (κ2) is 7.54. The molecule has 0 amide bonds. The molecule has 1 aromatic carbocycles. The average molecular weight is 344 g/mol. The van der Waals surface area contributed by atoms with E-state index in [0.29, 0.717) is 11.6 Å². The highest BCUT2D eigenvalue weighted by atomic mass is 35.5. The fraction of sp³-hybridized carbons (Fsp3) is 0.429. The number of aromatic nitrogens is 3. The summed E-state index contributed by atoms with van der Waals surface area (Å²) in [5.74, 6) is 0. The van der Waals surface area contributed by atoms with Gasteiger partial charge in [0.2, 0.25) is 0 Å². The second-order valence-corrected chi connectivity index (χ2v) is 7.74. The molecule has 0 unspecified atom stereocenters. The van der Waals surface area contributed by atoms with Gasteiger partial charge in [0.1, 0.15) is 18.3 Å². The van der Waals surface area contributed by atoms with Crippen molar-refractivity contribution in [3.63, 3.8) is 0 Å². The first-order chi connectivity index (χ1) is 10.1. The summed E-state index contributed by atoms with van der Waals surface area (Å²) in [7, 11) is 0. The minimum absolute atomic E-state index is 0.00956. The molecule has 0 aliphatic rings. The molecule has 4 nitrogen and oxygen atoms in total. The van der Waals surface area contributed by atoms with Gasteiger partial charge in [-0.05, 0) is 24.0 Å². The van der Waals surface area contributed by atoms with Crippen LogP contribution in [0.15, 0.2) is 36.9 Å². The number of aliphatic hydroxyl groups is 1. The molecule has 0 aliphatic carbocycles. The number of rotatable bonds is 7. The molecule has 0 radical (unpaired) electrons.